The molecule has 1 aromatic rings. The fraction of sp³-hybridized carbons (Fsp3) is 0.364. The number of rotatable bonds is 2. The summed E-state index contributed by atoms with van der Waals surface area (Å²) in [6.45, 7) is 11.0. The van der Waals surface area contributed by atoms with Gasteiger partial charge in [0.25, 0.3) is 0 Å². The lowest BCUT2D eigenvalue weighted by Gasteiger charge is -2.10. The third kappa shape index (κ3) is 1.55. The van der Waals surface area contributed by atoms with Gasteiger partial charge in [-0.05, 0) is 13.8 Å². The van der Waals surface area contributed by atoms with E-state index in [1.54, 1.807) is 0 Å². The van der Waals surface area contributed by atoms with E-state index >= 15 is 0 Å². The number of hydrogen-bond acceptors (Lipinski definition) is 0. The zero-order valence-corrected chi connectivity index (χ0v) is 8.02. The second-order valence-corrected chi connectivity index (χ2v) is 2.93. The van der Waals surface area contributed by atoms with Crippen LogP contribution in [0.3, 0.4) is 0 Å². The topological polar surface area (TPSA) is 3.88 Å². The van der Waals surface area contributed by atoms with Crippen molar-refractivity contribution in [1.29, 1.82) is 0 Å². The van der Waals surface area contributed by atoms with E-state index in [2.05, 4.69) is 44.2 Å². The van der Waals surface area contributed by atoms with Crippen molar-refractivity contribution in [1.82, 2.24) is 0 Å². The molecule has 1 nitrogen and oxygen atoms in total. The summed E-state index contributed by atoms with van der Waals surface area (Å²) < 4.78 is 2.11. The van der Waals surface area contributed by atoms with Crippen LogP contribution in [0.2, 0.25) is 0 Å². The maximum atomic E-state index is 3.76. The monoisotopic (exact) mass is 161 g/mol. The van der Waals surface area contributed by atoms with Crippen LogP contribution in [0, 0.1) is 20.0 Å². The molecule has 0 radical (unpaired) electrons. The third-order valence-electron chi connectivity index (χ3n) is 2.06. The third-order valence-corrected chi connectivity index (χ3v) is 2.06. The molecule has 0 bridgehead atoms. The highest BCUT2D eigenvalue weighted by Gasteiger charge is 1.97. The second-order valence-electron chi connectivity index (χ2n) is 2.93. The van der Waals surface area contributed by atoms with Crippen LogP contribution < -0.4 is 4.57 Å². The van der Waals surface area contributed by atoms with Crippen LogP contribution in [0.5, 0.6) is 0 Å². The highest BCUT2D eigenvalue weighted by atomic mass is 14.9. The summed E-state index contributed by atoms with van der Waals surface area (Å²) in [4.78, 5) is 0. The Balaban J connectivity index is 3.25. The first-order valence-electron chi connectivity index (χ1n) is 4.24. The first-order chi connectivity index (χ1) is 5.69. The predicted molar refractivity (Wildman–Crippen MR) is 50.7 cm³/mol. The van der Waals surface area contributed by atoms with Gasteiger partial charge in [0.2, 0.25) is 0 Å². The van der Waals surface area contributed by atoms with Gasteiger partial charge < -0.3 is 4.57 Å². The van der Waals surface area contributed by atoms with E-state index in [4.69, 9.17) is 0 Å². The smallest absolute Gasteiger partial charge is 0.122 e. The molecule has 0 fully saturated rings. The van der Waals surface area contributed by atoms with Crippen LogP contribution >= 0.6 is 0 Å². The zero-order valence-electron chi connectivity index (χ0n) is 8.02. The van der Waals surface area contributed by atoms with Gasteiger partial charge in [0.1, 0.15) is 12.7 Å². The van der Waals surface area contributed by atoms with Gasteiger partial charge >= 0.3 is 0 Å². The Morgan fingerprint density at radius 1 is 1.58 bits per heavy atom. The van der Waals surface area contributed by atoms with Crippen molar-refractivity contribution in [3.05, 3.63) is 35.7 Å². The van der Waals surface area contributed by atoms with E-state index in [0.29, 0.717) is 0 Å². The van der Waals surface area contributed by atoms with Gasteiger partial charge in [0.15, 0.2) is 0 Å². The number of pyridine rings is 1. The Morgan fingerprint density at radius 2 is 2.25 bits per heavy atom. The Bertz CT molecular complexity index is 300. The summed E-state index contributed by atoms with van der Waals surface area (Å²) in [5.74, 6) is 0. The van der Waals surface area contributed by atoms with Crippen molar-refractivity contribution in [3.8, 4) is 0 Å². The Morgan fingerprint density at radius 3 is 2.75 bits per heavy atom. The van der Waals surface area contributed by atoms with Crippen LogP contribution in [-0.4, -0.2) is 0 Å². The first kappa shape index (κ1) is 8.98. The molecule has 1 rings (SSSR count). The summed E-state index contributed by atoms with van der Waals surface area (Å²) >= 11 is 0. The van der Waals surface area contributed by atoms with Gasteiger partial charge in [-0.15, -0.1) is 18.2 Å². The van der Waals surface area contributed by atoms with Crippen LogP contribution in [0.4, 0.5) is 0 Å². The van der Waals surface area contributed by atoms with Gasteiger partial charge in [0.05, 0.1) is 5.69 Å². The van der Waals surface area contributed by atoms with Crippen molar-refractivity contribution in [2.75, 3.05) is 0 Å². The average Bonchev–Trinajstić information content (AvgIpc) is 2.08. The minimum atomic E-state index is 0.976. The summed E-state index contributed by atoms with van der Waals surface area (Å²) in [5.41, 5.74) is 3.58. The lowest BCUT2D eigenvalue weighted by atomic mass is 10.1. The van der Waals surface area contributed by atoms with Crippen LogP contribution in [0.15, 0.2) is 12.6 Å². The summed E-state index contributed by atoms with van der Waals surface area (Å²) in [6, 6.07) is 2.14. The number of hydrogen-bond donors (Lipinski definition) is 0. The Labute approximate surface area is 74.4 Å². The highest BCUT2D eigenvalue weighted by molar-refractivity contribution is 5.49. The van der Waals surface area contributed by atoms with E-state index in [-0.39, 0.29) is 0 Å². The van der Waals surface area contributed by atoms with Crippen molar-refractivity contribution in [3.63, 3.8) is 0 Å². The SMILES string of the molecule is C=Cc1cc(C)[n+](CC)[c-]c1C. The van der Waals surface area contributed by atoms with Crippen LogP contribution in [0.1, 0.15) is 23.7 Å². The van der Waals surface area contributed by atoms with Gasteiger partial charge in [-0.2, -0.15) is 0 Å². The standard InChI is InChI=1S/C11H15N/c1-5-11-7-10(4)12(6-2)8-9(11)3/h5,7H,1,6H2,2-4H3. The molecule has 0 spiro atoms. The largest absolute Gasteiger partial charge is 0.308 e. The minimum absolute atomic E-state index is 0.976. The summed E-state index contributed by atoms with van der Waals surface area (Å²) in [7, 11) is 0. The van der Waals surface area contributed by atoms with Gasteiger partial charge in [-0.25, -0.2) is 0 Å². The zero-order chi connectivity index (χ0) is 9.14. The van der Waals surface area contributed by atoms with Crippen LogP contribution in [0.25, 0.3) is 6.08 Å². The van der Waals surface area contributed by atoms with Crippen molar-refractivity contribution < 1.29 is 4.57 Å². The molecule has 12 heavy (non-hydrogen) atoms. The molecule has 0 aromatic carbocycles. The molecule has 0 saturated carbocycles. The molecule has 0 aliphatic heterocycles. The maximum Gasteiger partial charge on any atom is 0.122 e. The predicted octanol–water partition coefficient (Wildman–Crippen LogP) is 2.05. The molecular weight excluding hydrogens is 146 g/mol. The number of aryl methyl sites for hydroxylation is 3. The lowest BCUT2D eigenvalue weighted by Crippen LogP contribution is -2.36. The normalized spacial score (nSPS) is 9.92. The van der Waals surface area contributed by atoms with Gasteiger partial charge in [0, 0.05) is 0 Å². The van der Waals surface area contributed by atoms with Crippen molar-refractivity contribution >= 4 is 6.08 Å². The Kier molecular flexibility index (Phi) is 2.64. The second kappa shape index (κ2) is 3.53. The van der Waals surface area contributed by atoms with E-state index in [0.717, 1.165) is 12.1 Å². The van der Waals surface area contributed by atoms with Crippen LogP contribution in [-0.2, 0) is 6.54 Å². The molecule has 0 aliphatic rings. The van der Waals surface area contributed by atoms with Gasteiger partial charge in [-0.1, -0.05) is 18.6 Å². The number of aromatic nitrogens is 1. The Hall–Kier alpha value is -1.11. The van der Waals surface area contributed by atoms with E-state index in [9.17, 15) is 0 Å². The molecule has 64 valence electrons. The molecule has 1 aromatic heterocycles. The molecule has 0 atom stereocenters. The van der Waals surface area contributed by atoms with Crippen molar-refractivity contribution in [2.45, 2.75) is 27.3 Å². The maximum absolute atomic E-state index is 3.76. The molecule has 0 N–H and O–H groups in total. The van der Waals surface area contributed by atoms with Gasteiger partial charge in [-0.3, -0.25) is 0 Å². The van der Waals surface area contributed by atoms with E-state index in [1.165, 1.54) is 11.3 Å². The summed E-state index contributed by atoms with van der Waals surface area (Å²) in [6.07, 6.45) is 5.16. The molecule has 1 heterocycles. The van der Waals surface area contributed by atoms with E-state index < -0.39 is 0 Å². The molecular formula is C11H15N. The molecule has 0 aliphatic carbocycles. The quantitative estimate of drug-likeness (QED) is 0.461. The van der Waals surface area contributed by atoms with Crippen molar-refractivity contribution in [2.24, 2.45) is 0 Å². The van der Waals surface area contributed by atoms with E-state index in [1.807, 2.05) is 6.08 Å². The molecule has 0 saturated heterocycles. The molecule has 1 heteroatoms. The minimum Gasteiger partial charge on any atom is -0.308 e. The summed E-state index contributed by atoms with van der Waals surface area (Å²) in [5, 5.41) is 0. The molecule has 0 unspecified atom stereocenters. The average molecular weight is 161 g/mol. The fourth-order valence-corrected chi connectivity index (χ4v) is 1.31. The number of nitrogens with zero attached hydrogens (tertiary/aromatic N) is 1. The molecule has 0 amide bonds. The highest BCUT2D eigenvalue weighted by Crippen LogP contribution is 2.06. The lowest BCUT2D eigenvalue weighted by molar-refractivity contribution is -0.703. The fourth-order valence-electron chi connectivity index (χ4n) is 1.31. The first-order valence-corrected chi connectivity index (χ1v) is 4.24.